The van der Waals surface area contributed by atoms with E-state index in [4.69, 9.17) is 25.8 Å². The molecule has 6 heteroatoms. The van der Waals surface area contributed by atoms with E-state index in [9.17, 15) is 5.11 Å². The molecule has 5 nitrogen and oxygen atoms in total. The first-order valence-electron chi connectivity index (χ1n) is 14.3. The molecule has 39 heavy (non-hydrogen) atoms. The second kappa shape index (κ2) is 10.5. The van der Waals surface area contributed by atoms with E-state index < -0.39 is 5.60 Å². The third-order valence-electron chi connectivity index (χ3n) is 9.82. The van der Waals surface area contributed by atoms with E-state index in [1.165, 1.54) is 11.1 Å². The minimum Gasteiger partial charge on any atom is -0.497 e. The van der Waals surface area contributed by atoms with Crippen LogP contribution in [-0.2, 0) is 21.3 Å². The van der Waals surface area contributed by atoms with E-state index in [1.54, 1.807) is 13.2 Å². The van der Waals surface area contributed by atoms with Crippen molar-refractivity contribution < 1.29 is 19.3 Å². The SMILES string of the molecule is C=C[C@@]1(O)CCO[C@H]([C@@H]2CC[C@H]2CN2C[C@@]3(CCCc4cc(Cl)ccc43)COc3ccc(C(=C)OC)cc32)C1. The highest BCUT2D eigenvalue weighted by Crippen LogP contribution is 2.48. The molecule has 2 aliphatic carbocycles. The van der Waals surface area contributed by atoms with E-state index in [-0.39, 0.29) is 11.5 Å². The van der Waals surface area contributed by atoms with Gasteiger partial charge in [0.2, 0.25) is 0 Å². The molecular formula is C33H40ClNO4. The van der Waals surface area contributed by atoms with Crippen LogP contribution in [0.3, 0.4) is 0 Å². The number of aryl methyl sites for hydroxylation is 1. The molecule has 1 saturated heterocycles. The number of fused-ring (bicyclic) bond motifs is 3. The molecule has 0 aromatic heterocycles. The summed E-state index contributed by atoms with van der Waals surface area (Å²) in [6, 6.07) is 12.7. The van der Waals surface area contributed by atoms with Gasteiger partial charge in [0, 0.05) is 41.9 Å². The van der Waals surface area contributed by atoms with Crippen LogP contribution in [0.2, 0.25) is 5.02 Å². The van der Waals surface area contributed by atoms with Crippen LogP contribution in [0.4, 0.5) is 5.69 Å². The van der Waals surface area contributed by atoms with Crippen molar-refractivity contribution in [2.75, 3.05) is 38.3 Å². The molecule has 6 rings (SSSR count). The van der Waals surface area contributed by atoms with Crippen molar-refractivity contribution in [1.29, 1.82) is 0 Å². The molecule has 4 aliphatic rings. The Morgan fingerprint density at radius 2 is 2.10 bits per heavy atom. The molecule has 208 valence electrons. The Hall–Kier alpha value is -2.47. The highest BCUT2D eigenvalue weighted by atomic mass is 35.5. The monoisotopic (exact) mass is 549 g/mol. The summed E-state index contributed by atoms with van der Waals surface area (Å²) in [5.41, 5.74) is 3.85. The van der Waals surface area contributed by atoms with Gasteiger partial charge in [0.15, 0.2) is 0 Å². The van der Waals surface area contributed by atoms with Crippen LogP contribution in [0.25, 0.3) is 5.76 Å². The Bertz CT molecular complexity index is 1260. The lowest BCUT2D eigenvalue weighted by Crippen LogP contribution is -2.52. The van der Waals surface area contributed by atoms with Gasteiger partial charge in [-0.05, 0) is 85.4 Å². The largest absolute Gasteiger partial charge is 0.497 e. The lowest BCUT2D eigenvalue weighted by molar-refractivity contribution is -0.125. The summed E-state index contributed by atoms with van der Waals surface area (Å²) in [6.45, 7) is 11.0. The van der Waals surface area contributed by atoms with Crippen LogP contribution < -0.4 is 9.64 Å². The fraction of sp³-hybridized carbons (Fsp3) is 0.515. The summed E-state index contributed by atoms with van der Waals surface area (Å²) < 4.78 is 18.4. The second-order valence-corrected chi connectivity index (χ2v) is 12.5. The van der Waals surface area contributed by atoms with Crippen LogP contribution in [0.1, 0.15) is 55.2 Å². The molecule has 1 N–H and O–H groups in total. The van der Waals surface area contributed by atoms with Crippen LogP contribution in [0.15, 0.2) is 55.6 Å². The van der Waals surface area contributed by atoms with Crippen molar-refractivity contribution in [1.82, 2.24) is 0 Å². The molecule has 2 aromatic carbocycles. The second-order valence-electron chi connectivity index (χ2n) is 12.1. The summed E-state index contributed by atoms with van der Waals surface area (Å²) in [5, 5.41) is 11.7. The van der Waals surface area contributed by atoms with Crippen LogP contribution >= 0.6 is 11.6 Å². The number of anilines is 1. The molecular weight excluding hydrogens is 510 g/mol. The van der Waals surface area contributed by atoms with Gasteiger partial charge in [0.05, 0.1) is 37.7 Å². The van der Waals surface area contributed by atoms with Gasteiger partial charge in [0.25, 0.3) is 0 Å². The average Bonchev–Trinajstić information content (AvgIpc) is 3.07. The van der Waals surface area contributed by atoms with Gasteiger partial charge >= 0.3 is 0 Å². The zero-order valence-electron chi connectivity index (χ0n) is 23.0. The maximum Gasteiger partial charge on any atom is 0.142 e. The third-order valence-corrected chi connectivity index (χ3v) is 10.1. The van der Waals surface area contributed by atoms with Gasteiger partial charge in [-0.3, -0.25) is 0 Å². The van der Waals surface area contributed by atoms with Gasteiger partial charge in [0.1, 0.15) is 11.5 Å². The summed E-state index contributed by atoms with van der Waals surface area (Å²) in [4.78, 5) is 2.55. The predicted octanol–water partition coefficient (Wildman–Crippen LogP) is 6.55. The fourth-order valence-corrected chi connectivity index (χ4v) is 7.55. The molecule has 5 atom stereocenters. The molecule has 2 fully saturated rings. The summed E-state index contributed by atoms with van der Waals surface area (Å²) in [5.74, 6) is 2.46. The van der Waals surface area contributed by atoms with E-state index in [1.807, 2.05) is 12.1 Å². The normalized spacial score (nSPS) is 31.8. The fourth-order valence-electron chi connectivity index (χ4n) is 7.36. The maximum atomic E-state index is 10.9. The lowest BCUT2D eigenvalue weighted by Gasteiger charge is -2.48. The standard InChI is InChI=1S/C33H40ClNO4/c1-4-33(36)14-15-38-31(18-33)27-10-7-25(27)19-35-20-32(13-5-6-24-16-26(34)9-11-28(24)32)21-39-30-12-8-23(17-29(30)35)22(2)37-3/h4,8-9,11-12,16-17,25,27,31,36H,1-2,5-7,10,13-15,18-21H2,3H3/t25-,27+,31-,32-,33+/m0/s1. The van der Waals surface area contributed by atoms with Gasteiger partial charge in [-0.1, -0.05) is 30.3 Å². The molecule has 0 radical (unpaired) electrons. The third kappa shape index (κ3) is 4.98. The number of benzene rings is 2. The number of rotatable bonds is 6. The summed E-state index contributed by atoms with van der Waals surface area (Å²) in [7, 11) is 1.66. The number of ether oxygens (including phenoxy) is 3. The zero-order valence-corrected chi connectivity index (χ0v) is 23.7. The topological polar surface area (TPSA) is 51.2 Å². The Morgan fingerprint density at radius 1 is 1.23 bits per heavy atom. The highest BCUT2D eigenvalue weighted by Gasteiger charge is 2.46. The van der Waals surface area contributed by atoms with Crippen molar-refractivity contribution in [3.8, 4) is 5.75 Å². The van der Waals surface area contributed by atoms with Gasteiger partial charge in [-0.15, -0.1) is 6.58 Å². The van der Waals surface area contributed by atoms with Gasteiger partial charge in [-0.25, -0.2) is 0 Å². The molecule has 0 bridgehead atoms. The summed E-state index contributed by atoms with van der Waals surface area (Å²) >= 11 is 6.42. The first-order valence-corrected chi connectivity index (χ1v) is 14.7. The maximum absolute atomic E-state index is 10.9. The minimum atomic E-state index is -0.821. The van der Waals surface area contributed by atoms with Crippen molar-refractivity contribution >= 4 is 23.0 Å². The van der Waals surface area contributed by atoms with E-state index in [2.05, 4.69) is 42.3 Å². The van der Waals surface area contributed by atoms with Gasteiger partial charge in [-0.2, -0.15) is 0 Å². The zero-order chi connectivity index (χ0) is 27.2. The van der Waals surface area contributed by atoms with Crippen molar-refractivity contribution in [3.05, 3.63) is 77.3 Å². The minimum absolute atomic E-state index is 0.0642. The predicted molar refractivity (Wildman–Crippen MR) is 157 cm³/mol. The van der Waals surface area contributed by atoms with Crippen molar-refractivity contribution in [3.63, 3.8) is 0 Å². The van der Waals surface area contributed by atoms with E-state index in [0.717, 1.165) is 67.2 Å². The van der Waals surface area contributed by atoms with E-state index >= 15 is 0 Å². The number of hydrogen-bond donors (Lipinski definition) is 1. The number of halogens is 1. The Kier molecular flexibility index (Phi) is 7.20. The molecule has 2 aliphatic heterocycles. The molecule has 1 saturated carbocycles. The first-order chi connectivity index (χ1) is 18.8. The molecule has 1 spiro atoms. The first kappa shape index (κ1) is 26.7. The average molecular weight is 550 g/mol. The lowest BCUT2D eigenvalue weighted by atomic mass is 9.67. The van der Waals surface area contributed by atoms with Crippen LogP contribution in [0, 0.1) is 11.8 Å². The number of methoxy groups -OCH3 is 1. The smallest absolute Gasteiger partial charge is 0.142 e. The van der Waals surface area contributed by atoms with Gasteiger partial charge < -0.3 is 24.2 Å². The molecule has 2 aromatic rings. The molecule has 0 unspecified atom stereocenters. The number of nitrogens with zero attached hydrogens (tertiary/aromatic N) is 1. The van der Waals surface area contributed by atoms with Crippen molar-refractivity contribution in [2.45, 2.75) is 62.1 Å². The molecule has 0 amide bonds. The van der Waals surface area contributed by atoms with Crippen LogP contribution in [0.5, 0.6) is 5.75 Å². The van der Waals surface area contributed by atoms with Crippen LogP contribution in [-0.4, -0.2) is 50.2 Å². The van der Waals surface area contributed by atoms with Crippen molar-refractivity contribution in [2.24, 2.45) is 11.8 Å². The number of hydrogen-bond acceptors (Lipinski definition) is 5. The number of aliphatic hydroxyl groups is 1. The Morgan fingerprint density at radius 3 is 2.87 bits per heavy atom. The Labute approximate surface area is 237 Å². The highest BCUT2D eigenvalue weighted by molar-refractivity contribution is 6.30. The van der Waals surface area contributed by atoms with E-state index in [0.29, 0.717) is 43.7 Å². The Balaban J connectivity index is 1.34. The molecule has 2 heterocycles. The quantitative estimate of drug-likeness (QED) is 0.327. The summed E-state index contributed by atoms with van der Waals surface area (Å²) in [6.07, 6.45) is 8.57.